The predicted molar refractivity (Wildman–Crippen MR) is 52.7 cm³/mol. The van der Waals surface area contributed by atoms with Crippen molar-refractivity contribution >= 4 is 0 Å². The van der Waals surface area contributed by atoms with Gasteiger partial charge in [-0.1, -0.05) is 57.4 Å². The Morgan fingerprint density at radius 3 is 2.82 bits per heavy atom. The Balaban J connectivity index is 3.00. The Bertz CT molecular complexity index is 125. The number of unbranched alkanes of at least 4 members (excludes halogenated alkanes) is 5. The second-order valence-corrected chi connectivity index (χ2v) is 2.82. The maximum atomic E-state index is 6.74. The molecule has 11 heavy (non-hydrogen) atoms. The Morgan fingerprint density at radius 2 is 2.09 bits per heavy atom. The lowest BCUT2D eigenvalue weighted by molar-refractivity contribution is 0.637. The topological polar surface area (TPSA) is 0 Å². The van der Waals surface area contributed by atoms with Gasteiger partial charge >= 0.3 is 0 Å². The Hall–Kier alpha value is -0.520. The standard InChI is InChI=1S/C11H20/c1-3-5-7-9-11-10-8-6-4-2/h3,5,7H,1,4,6,8-11H2,2H3/b7-5+/i1D/b3-1?,7-5+. The SMILES string of the molecule is [2H]C=C/C=C/CCCCCCC. The van der Waals surface area contributed by atoms with Crippen LogP contribution in [-0.4, -0.2) is 0 Å². The van der Waals surface area contributed by atoms with Gasteiger partial charge in [-0.25, -0.2) is 0 Å². The number of hydrogen-bond donors (Lipinski definition) is 0. The fourth-order valence-corrected chi connectivity index (χ4v) is 1.04. The predicted octanol–water partition coefficient (Wildman–Crippen LogP) is 4.09. The molecular weight excluding hydrogens is 132 g/mol. The molecule has 0 spiro atoms. The van der Waals surface area contributed by atoms with Crippen LogP contribution in [0.15, 0.2) is 24.8 Å². The molecule has 0 aromatic carbocycles. The van der Waals surface area contributed by atoms with Crippen molar-refractivity contribution in [3.05, 3.63) is 24.8 Å². The number of hydrogen-bond acceptors (Lipinski definition) is 0. The lowest BCUT2D eigenvalue weighted by Gasteiger charge is -1.95. The Kier molecular flexibility index (Phi) is 7.39. The van der Waals surface area contributed by atoms with Gasteiger partial charge in [0.05, 0.1) is 1.37 Å². The minimum Gasteiger partial charge on any atom is -0.0991 e. The summed E-state index contributed by atoms with van der Waals surface area (Å²) < 4.78 is 6.74. The molecule has 0 aliphatic carbocycles. The van der Waals surface area contributed by atoms with Crippen LogP contribution in [0.4, 0.5) is 0 Å². The summed E-state index contributed by atoms with van der Waals surface area (Å²) in [5, 5.41) is 0. The van der Waals surface area contributed by atoms with E-state index in [1.807, 2.05) is 6.08 Å². The molecule has 0 atom stereocenters. The monoisotopic (exact) mass is 153 g/mol. The van der Waals surface area contributed by atoms with Crippen LogP contribution in [0.5, 0.6) is 0 Å². The first-order valence-electron chi connectivity index (χ1n) is 5.19. The van der Waals surface area contributed by atoms with Crippen LogP contribution in [0, 0.1) is 0 Å². The lowest BCUT2D eigenvalue weighted by Crippen LogP contribution is -1.75. The van der Waals surface area contributed by atoms with Crippen molar-refractivity contribution < 1.29 is 1.37 Å². The fourth-order valence-electron chi connectivity index (χ4n) is 1.04. The molecule has 64 valence electrons. The second kappa shape index (κ2) is 9.48. The van der Waals surface area contributed by atoms with Gasteiger partial charge in [-0.15, -0.1) is 0 Å². The smallest absolute Gasteiger partial charge is 0.0538 e. The third-order valence-corrected chi connectivity index (χ3v) is 1.72. The van der Waals surface area contributed by atoms with Crippen LogP contribution in [-0.2, 0) is 0 Å². The molecule has 0 amide bonds. The molecule has 0 aromatic heterocycles. The van der Waals surface area contributed by atoms with E-state index in [2.05, 4.69) is 13.0 Å². The molecule has 0 heterocycles. The molecule has 0 unspecified atom stereocenters. The van der Waals surface area contributed by atoms with E-state index in [9.17, 15) is 0 Å². The minimum absolute atomic E-state index is 1.16. The zero-order chi connectivity index (χ0) is 9.07. The highest BCUT2D eigenvalue weighted by Gasteiger charge is 1.85. The number of rotatable bonds is 7. The van der Waals surface area contributed by atoms with Gasteiger partial charge in [0, 0.05) is 0 Å². The van der Waals surface area contributed by atoms with Crippen LogP contribution in [0.25, 0.3) is 0 Å². The molecule has 0 fully saturated rings. The van der Waals surface area contributed by atoms with Crippen molar-refractivity contribution in [2.75, 3.05) is 0 Å². The van der Waals surface area contributed by atoms with Gasteiger partial charge in [0.1, 0.15) is 0 Å². The van der Waals surface area contributed by atoms with Crippen LogP contribution in [0.3, 0.4) is 0 Å². The molecule has 0 radical (unpaired) electrons. The van der Waals surface area contributed by atoms with Gasteiger partial charge in [-0.3, -0.25) is 0 Å². The van der Waals surface area contributed by atoms with Crippen LogP contribution in [0.2, 0.25) is 0 Å². The Morgan fingerprint density at radius 1 is 1.27 bits per heavy atom. The van der Waals surface area contributed by atoms with Gasteiger partial charge in [-0.05, 0) is 12.8 Å². The summed E-state index contributed by atoms with van der Waals surface area (Å²) >= 11 is 0. The molecule has 0 aliphatic heterocycles. The van der Waals surface area contributed by atoms with E-state index in [4.69, 9.17) is 1.37 Å². The van der Waals surface area contributed by atoms with Gasteiger partial charge in [-0.2, -0.15) is 0 Å². The van der Waals surface area contributed by atoms with Gasteiger partial charge in [0.15, 0.2) is 0 Å². The quantitative estimate of drug-likeness (QED) is 0.382. The summed E-state index contributed by atoms with van der Waals surface area (Å²) in [6.07, 6.45) is 13.7. The summed E-state index contributed by atoms with van der Waals surface area (Å²) in [5.74, 6) is 0. The molecule has 0 saturated heterocycles. The maximum Gasteiger partial charge on any atom is 0.0538 e. The summed E-state index contributed by atoms with van der Waals surface area (Å²) in [6, 6.07) is 0. The van der Waals surface area contributed by atoms with Crippen LogP contribution < -0.4 is 0 Å². The zero-order valence-corrected chi connectivity index (χ0v) is 7.55. The van der Waals surface area contributed by atoms with E-state index in [-0.39, 0.29) is 0 Å². The molecule has 0 bridgehead atoms. The van der Waals surface area contributed by atoms with Crippen molar-refractivity contribution in [3.63, 3.8) is 0 Å². The van der Waals surface area contributed by atoms with E-state index < -0.39 is 0 Å². The average Bonchev–Trinajstić information content (AvgIpc) is 2.10. The van der Waals surface area contributed by atoms with Crippen LogP contribution >= 0.6 is 0 Å². The van der Waals surface area contributed by atoms with Crippen molar-refractivity contribution in [1.82, 2.24) is 0 Å². The van der Waals surface area contributed by atoms with Crippen molar-refractivity contribution in [2.45, 2.75) is 45.4 Å². The van der Waals surface area contributed by atoms with Crippen molar-refractivity contribution in [1.29, 1.82) is 0 Å². The summed E-state index contributed by atoms with van der Waals surface area (Å²) in [4.78, 5) is 0. The molecule has 0 saturated carbocycles. The van der Waals surface area contributed by atoms with Gasteiger partial charge < -0.3 is 0 Å². The maximum absolute atomic E-state index is 6.74. The van der Waals surface area contributed by atoms with E-state index in [0.29, 0.717) is 0 Å². The summed E-state index contributed by atoms with van der Waals surface area (Å²) in [7, 11) is 0. The molecule has 0 aromatic rings. The lowest BCUT2D eigenvalue weighted by atomic mass is 10.1. The molecule has 0 N–H and O–H groups in total. The number of allylic oxidation sites excluding steroid dienone is 3. The minimum atomic E-state index is 1.16. The summed E-state index contributed by atoms with van der Waals surface area (Å²) in [6.45, 7) is 3.55. The zero-order valence-electron chi connectivity index (χ0n) is 8.55. The van der Waals surface area contributed by atoms with E-state index in [1.165, 1.54) is 38.7 Å². The second-order valence-electron chi connectivity index (χ2n) is 2.82. The van der Waals surface area contributed by atoms with E-state index >= 15 is 0 Å². The highest BCUT2D eigenvalue weighted by molar-refractivity contribution is 4.96. The first kappa shape index (κ1) is 8.58. The third kappa shape index (κ3) is 9.48. The van der Waals surface area contributed by atoms with Crippen LogP contribution in [0.1, 0.15) is 46.8 Å². The molecule has 0 aliphatic rings. The Labute approximate surface area is 72.4 Å². The van der Waals surface area contributed by atoms with E-state index in [1.54, 1.807) is 6.08 Å². The molecule has 0 heteroatoms. The first-order valence-corrected chi connectivity index (χ1v) is 4.62. The highest BCUT2D eigenvalue weighted by atomic mass is 13.9. The largest absolute Gasteiger partial charge is 0.0991 e. The van der Waals surface area contributed by atoms with Crippen molar-refractivity contribution in [2.24, 2.45) is 0 Å². The van der Waals surface area contributed by atoms with E-state index in [0.717, 1.165) is 6.42 Å². The third-order valence-electron chi connectivity index (χ3n) is 1.72. The molecular formula is C11H20. The normalized spacial score (nSPS) is 13.0. The molecule has 0 nitrogen and oxygen atoms in total. The van der Waals surface area contributed by atoms with Gasteiger partial charge in [0.2, 0.25) is 0 Å². The first-order chi connectivity index (χ1) is 5.91. The average molecular weight is 153 g/mol. The van der Waals surface area contributed by atoms with Gasteiger partial charge in [0.25, 0.3) is 0 Å². The highest BCUT2D eigenvalue weighted by Crippen LogP contribution is 2.04. The fraction of sp³-hybridized carbons (Fsp3) is 0.636. The summed E-state index contributed by atoms with van der Waals surface area (Å²) in [5.41, 5.74) is 0. The van der Waals surface area contributed by atoms with Crippen molar-refractivity contribution in [3.8, 4) is 0 Å². The molecule has 0 rings (SSSR count).